The number of nitrogens with zero attached hydrogens (tertiary/aromatic N) is 2. The van der Waals surface area contributed by atoms with Crippen LogP contribution < -0.4 is 4.74 Å². The van der Waals surface area contributed by atoms with Gasteiger partial charge in [0.2, 0.25) is 11.8 Å². The van der Waals surface area contributed by atoms with Crippen molar-refractivity contribution in [3.63, 3.8) is 0 Å². The topological polar surface area (TPSA) is 70.4 Å². The summed E-state index contributed by atoms with van der Waals surface area (Å²) >= 11 is 0. The maximum Gasteiger partial charge on any atom is 0.229 e. The van der Waals surface area contributed by atoms with Gasteiger partial charge in [0.1, 0.15) is 12.4 Å². The number of nitriles is 1. The highest BCUT2D eigenvalue weighted by Crippen LogP contribution is 2.14. The number of hydrogen-bond acceptors (Lipinski definition) is 4. The first kappa shape index (κ1) is 14.1. The molecular formula is C15H16N2O3. The molecule has 2 amide bonds. The van der Waals surface area contributed by atoms with Gasteiger partial charge >= 0.3 is 0 Å². The molecule has 0 atom stereocenters. The van der Waals surface area contributed by atoms with Crippen molar-refractivity contribution in [3.05, 3.63) is 29.8 Å². The summed E-state index contributed by atoms with van der Waals surface area (Å²) in [4.78, 5) is 24.8. The fraction of sp³-hybridized carbons (Fsp3) is 0.400. The van der Waals surface area contributed by atoms with Crippen molar-refractivity contribution in [3.8, 4) is 11.8 Å². The number of ether oxygens (including phenoxy) is 1. The van der Waals surface area contributed by atoms with Crippen LogP contribution in [0.4, 0.5) is 0 Å². The fourth-order valence-electron chi connectivity index (χ4n) is 2.09. The van der Waals surface area contributed by atoms with E-state index in [2.05, 4.69) is 0 Å². The number of hydrogen-bond donors (Lipinski definition) is 0. The molecule has 5 nitrogen and oxygen atoms in total. The molecule has 1 heterocycles. The van der Waals surface area contributed by atoms with Crippen LogP contribution in [0.25, 0.3) is 0 Å². The van der Waals surface area contributed by atoms with Crippen molar-refractivity contribution in [2.45, 2.75) is 25.7 Å². The molecule has 1 aliphatic rings. The number of benzene rings is 1. The maximum atomic E-state index is 11.8. The van der Waals surface area contributed by atoms with Crippen molar-refractivity contribution in [1.82, 2.24) is 4.90 Å². The zero-order chi connectivity index (χ0) is 14.4. The Morgan fingerprint density at radius 1 is 1.10 bits per heavy atom. The van der Waals surface area contributed by atoms with Crippen LogP contribution in [-0.4, -0.2) is 29.9 Å². The van der Waals surface area contributed by atoms with E-state index >= 15 is 0 Å². The molecule has 1 saturated heterocycles. The van der Waals surface area contributed by atoms with Crippen LogP contribution in [0.5, 0.6) is 5.75 Å². The number of carbonyl (C=O) groups is 2. The molecule has 0 aliphatic carbocycles. The highest BCUT2D eigenvalue weighted by atomic mass is 16.5. The number of carbonyl (C=O) groups excluding carboxylic acids is 2. The van der Waals surface area contributed by atoms with Crippen LogP contribution in [0.3, 0.4) is 0 Å². The van der Waals surface area contributed by atoms with Crippen molar-refractivity contribution in [2.75, 3.05) is 13.2 Å². The summed E-state index contributed by atoms with van der Waals surface area (Å²) in [6.07, 6.45) is 2.42. The summed E-state index contributed by atoms with van der Waals surface area (Å²) in [5, 5.41) is 8.69. The highest BCUT2D eigenvalue weighted by molar-refractivity contribution is 5.95. The fourth-order valence-corrected chi connectivity index (χ4v) is 2.09. The standard InChI is InChI=1S/C15H16N2O3/c16-11-12-5-7-13(8-6-12)20-10-9-17-14(18)3-1-2-4-15(17)19/h5-8H,1-4,9-10H2. The molecule has 1 fully saturated rings. The Morgan fingerprint density at radius 2 is 1.70 bits per heavy atom. The first-order valence-corrected chi connectivity index (χ1v) is 6.67. The maximum absolute atomic E-state index is 11.8. The van der Waals surface area contributed by atoms with Gasteiger partial charge in [0, 0.05) is 12.8 Å². The Labute approximate surface area is 117 Å². The SMILES string of the molecule is N#Cc1ccc(OCCN2C(=O)CCCCC2=O)cc1. The van der Waals surface area contributed by atoms with Crippen LogP contribution in [0, 0.1) is 11.3 Å². The van der Waals surface area contributed by atoms with Crippen molar-refractivity contribution in [2.24, 2.45) is 0 Å². The van der Waals surface area contributed by atoms with Gasteiger partial charge in [-0.1, -0.05) is 0 Å². The Morgan fingerprint density at radius 3 is 2.25 bits per heavy atom. The Bertz CT molecular complexity index is 513. The number of likely N-dealkylation sites (tertiary alicyclic amines) is 1. The van der Waals surface area contributed by atoms with Gasteiger partial charge in [-0.25, -0.2) is 0 Å². The van der Waals surface area contributed by atoms with Crippen molar-refractivity contribution < 1.29 is 14.3 Å². The van der Waals surface area contributed by atoms with Crippen LogP contribution in [0.2, 0.25) is 0 Å². The lowest BCUT2D eigenvalue weighted by atomic mass is 10.2. The van der Waals surface area contributed by atoms with Gasteiger partial charge in [-0.15, -0.1) is 0 Å². The van der Waals surface area contributed by atoms with Gasteiger partial charge < -0.3 is 4.74 Å². The molecule has 20 heavy (non-hydrogen) atoms. The zero-order valence-electron chi connectivity index (χ0n) is 11.2. The second kappa shape index (κ2) is 6.71. The van der Waals surface area contributed by atoms with Gasteiger partial charge in [-0.3, -0.25) is 14.5 Å². The highest BCUT2D eigenvalue weighted by Gasteiger charge is 2.23. The third-order valence-corrected chi connectivity index (χ3v) is 3.20. The molecule has 1 aromatic rings. The Balaban J connectivity index is 1.86. The van der Waals surface area contributed by atoms with Crippen molar-refractivity contribution >= 4 is 11.8 Å². The van der Waals surface area contributed by atoms with E-state index < -0.39 is 0 Å². The minimum absolute atomic E-state index is 0.115. The molecule has 1 aromatic carbocycles. The van der Waals surface area contributed by atoms with E-state index in [1.807, 2.05) is 6.07 Å². The summed E-state index contributed by atoms with van der Waals surface area (Å²) < 4.78 is 5.49. The summed E-state index contributed by atoms with van der Waals surface area (Å²) in [6, 6.07) is 8.75. The van der Waals surface area contributed by atoms with Gasteiger partial charge in [0.25, 0.3) is 0 Å². The van der Waals surface area contributed by atoms with Crippen molar-refractivity contribution in [1.29, 1.82) is 5.26 Å². The molecular weight excluding hydrogens is 256 g/mol. The second-order valence-electron chi connectivity index (χ2n) is 4.63. The third kappa shape index (κ3) is 3.58. The Kier molecular flexibility index (Phi) is 4.72. The average Bonchev–Trinajstić information content (AvgIpc) is 2.62. The normalized spacial score (nSPS) is 15.7. The molecule has 0 spiro atoms. The molecule has 5 heteroatoms. The largest absolute Gasteiger partial charge is 0.492 e. The van der Waals surface area contributed by atoms with E-state index in [1.165, 1.54) is 4.90 Å². The minimum atomic E-state index is -0.115. The molecule has 0 bridgehead atoms. The van der Waals surface area contributed by atoms with Crippen LogP contribution in [0.1, 0.15) is 31.2 Å². The molecule has 0 radical (unpaired) electrons. The quantitative estimate of drug-likeness (QED) is 0.784. The van der Waals surface area contributed by atoms with Gasteiger partial charge in [0.05, 0.1) is 18.2 Å². The number of amides is 2. The summed E-state index contributed by atoms with van der Waals surface area (Å²) in [7, 11) is 0. The predicted octanol–water partition coefficient (Wildman–Crippen LogP) is 1.87. The summed E-state index contributed by atoms with van der Waals surface area (Å²) in [5.74, 6) is 0.394. The Hall–Kier alpha value is -2.35. The minimum Gasteiger partial charge on any atom is -0.492 e. The molecule has 0 unspecified atom stereocenters. The average molecular weight is 272 g/mol. The molecule has 0 saturated carbocycles. The zero-order valence-corrected chi connectivity index (χ0v) is 11.2. The van der Waals surface area contributed by atoms with E-state index in [9.17, 15) is 9.59 Å². The molecule has 0 N–H and O–H groups in total. The smallest absolute Gasteiger partial charge is 0.229 e. The monoisotopic (exact) mass is 272 g/mol. The lowest BCUT2D eigenvalue weighted by molar-refractivity contribution is -0.144. The lowest BCUT2D eigenvalue weighted by Gasteiger charge is -2.18. The van der Waals surface area contributed by atoms with Gasteiger partial charge in [-0.2, -0.15) is 5.26 Å². The number of imide groups is 1. The van der Waals surface area contributed by atoms with Gasteiger partial charge in [-0.05, 0) is 37.1 Å². The first-order chi connectivity index (χ1) is 9.70. The van der Waals surface area contributed by atoms with E-state index in [0.717, 1.165) is 12.8 Å². The van der Waals surface area contributed by atoms with Gasteiger partial charge in [0.15, 0.2) is 0 Å². The molecule has 104 valence electrons. The summed E-state index contributed by atoms with van der Waals surface area (Å²) in [5.41, 5.74) is 0.565. The first-order valence-electron chi connectivity index (χ1n) is 6.67. The molecule has 0 aromatic heterocycles. The van der Waals surface area contributed by atoms with Crippen LogP contribution in [-0.2, 0) is 9.59 Å². The van der Waals surface area contributed by atoms with E-state index in [0.29, 0.717) is 24.2 Å². The predicted molar refractivity (Wildman–Crippen MR) is 71.8 cm³/mol. The molecule has 1 aliphatic heterocycles. The van der Waals surface area contributed by atoms with E-state index in [4.69, 9.17) is 10.00 Å². The van der Waals surface area contributed by atoms with E-state index in [1.54, 1.807) is 24.3 Å². The third-order valence-electron chi connectivity index (χ3n) is 3.20. The summed E-state index contributed by atoms with van der Waals surface area (Å²) in [6.45, 7) is 0.543. The lowest BCUT2D eigenvalue weighted by Crippen LogP contribution is -2.38. The van der Waals surface area contributed by atoms with E-state index in [-0.39, 0.29) is 25.0 Å². The molecule has 2 rings (SSSR count). The van der Waals surface area contributed by atoms with Crippen LogP contribution in [0.15, 0.2) is 24.3 Å². The number of rotatable bonds is 4. The second-order valence-corrected chi connectivity index (χ2v) is 4.63. The van der Waals surface area contributed by atoms with Crippen LogP contribution >= 0.6 is 0 Å².